The average Bonchev–Trinajstić information content (AvgIpc) is 2.83. The van der Waals surface area contributed by atoms with Gasteiger partial charge in [-0.15, -0.1) is 0 Å². The van der Waals surface area contributed by atoms with Crippen molar-refractivity contribution in [2.24, 2.45) is 11.1 Å². The molecule has 0 aliphatic carbocycles. The van der Waals surface area contributed by atoms with Crippen LogP contribution in [0.25, 0.3) is 0 Å². The van der Waals surface area contributed by atoms with Crippen LogP contribution < -0.4 is 10.6 Å². The summed E-state index contributed by atoms with van der Waals surface area (Å²) in [6, 6.07) is 4.82. The zero-order valence-corrected chi connectivity index (χ0v) is 11.7. The summed E-state index contributed by atoms with van der Waals surface area (Å²) in [5.41, 5.74) is 6.78. The van der Waals surface area contributed by atoms with Crippen LogP contribution in [-0.4, -0.2) is 18.9 Å². The van der Waals surface area contributed by atoms with Crippen LogP contribution in [0.1, 0.15) is 38.7 Å². The number of hydrogen-bond acceptors (Lipinski definition) is 2. The summed E-state index contributed by atoms with van der Waals surface area (Å²) < 4.78 is 14.1. The number of nitrogen functional groups attached to an aromatic ring is 1. The summed E-state index contributed by atoms with van der Waals surface area (Å²) in [6.07, 6.45) is 3.38. The molecule has 19 heavy (non-hydrogen) atoms. The Hall–Kier alpha value is -1.58. The zero-order valence-electron chi connectivity index (χ0n) is 11.7. The van der Waals surface area contributed by atoms with E-state index in [1.165, 1.54) is 6.07 Å². The van der Waals surface area contributed by atoms with Crippen molar-refractivity contribution in [2.75, 3.05) is 18.0 Å². The lowest BCUT2D eigenvalue weighted by molar-refractivity contribution is 0.301. The number of benzene rings is 1. The summed E-state index contributed by atoms with van der Waals surface area (Å²) in [7, 11) is 0. The number of rotatable bonds is 4. The Morgan fingerprint density at radius 2 is 2.11 bits per heavy atom. The van der Waals surface area contributed by atoms with Crippen molar-refractivity contribution < 1.29 is 4.39 Å². The maximum Gasteiger partial charge on any atom is 0.147 e. The lowest BCUT2D eigenvalue weighted by atomic mass is 9.82. The molecule has 0 amide bonds. The summed E-state index contributed by atoms with van der Waals surface area (Å²) in [4.78, 5) is 2.12. The third-order valence-electron chi connectivity index (χ3n) is 4.54. The Balaban J connectivity index is 2.22. The van der Waals surface area contributed by atoms with Gasteiger partial charge in [-0.05, 0) is 42.9 Å². The van der Waals surface area contributed by atoms with Gasteiger partial charge in [0.05, 0.1) is 5.69 Å². The minimum atomic E-state index is -0.282. The van der Waals surface area contributed by atoms with Gasteiger partial charge in [0.15, 0.2) is 0 Å². The topological polar surface area (TPSA) is 53.1 Å². The molecule has 1 fully saturated rings. The number of hydrogen-bond donors (Lipinski definition) is 2. The van der Waals surface area contributed by atoms with E-state index in [0.717, 1.165) is 32.4 Å². The molecule has 2 rings (SSSR count). The number of amidine groups is 1. The number of nitrogens with two attached hydrogens (primary N) is 1. The Bertz CT molecular complexity index is 480. The standard InChI is InChI=1S/C15H22FN3/c1-3-15(4-2)7-8-19(10-15)13-6-5-11(14(17)18)9-12(13)16/h5-6,9H,3-4,7-8,10H2,1-2H3,(H3,17,18). The maximum absolute atomic E-state index is 14.1. The molecule has 1 saturated heterocycles. The Kier molecular flexibility index (Phi) is 3.78. The second-order valence-electron chi connectivity index (χ2n) is 5.46. The molecular weight excluding hydrogens is 241 g/mol. The average molecular weight is 263 g/mol. The van der Waals surface area contributed by atoms with Crippen molar-refractivity contribution in [2.45, 2.75) is 33.1 Å². The lowest BCUT2D eigenvalue weighted by Crippen LogP contribution is -2.26. The van der Waals surface area contributed by atoms with E-state index in [4.69, 9.17) is 11.1 Å². The van der Waals surface area contributed by atoms with Crippen LogP contribution in [0.2, 0.25) is 0 Å². The van der Waals surface area contributed by atoms with E-state index in [9.17, 15) is 4.39 Å². The fraction of sp³-hybridized carbons (Fsp3) is 0.533. The smallest absolute Gasteiger partial charge is 0.147 e. The number of halogens is 1. The third kappa shape index (κ3) is 2.57. The molecule has 1 aromatic carbocycles. The Morgan fingerprint density at radius 3 is 2.58 bits per heavy atom. The molecule has 0 radical (unpaired) electrons. The summed E-state index contributed by atoms with van der Waals surface area (Å²) in [5, 5.41) is 7.33. The summed E-state index contributed by atoms with van der Waals surface area (Å²) in [5.74, 6) is -0.376. The first-order chi connectivity index (χ1) is 9.01. The molecule has 0 atom stereocenters. The highest BCUT2D eigenvalue weighted by Gasteiger charge is 2.35. The molecule has 104 valence electrons. The van der Waals surface area contributed by atoms with E-state index >= 15 is 0 Å². The molecule has 3 nitrogen and oxygen atoms in total. The second kappa shape index (κ2) is 5.19. The van der Waals surface area contributed by atoms with E-state index in [1.807, 2.05) is 0 Å². The van der Waals surface area contributed by atoms with Gasteiger partial charge in [-0.3, -0.25) is 5.41 Å². The molecule has 3 N–H and O–H groups in total. The largest absolute Gasteiger partial charge is 0.384 e. The molecule has 1 aliphatic rings. The van der Waals surface area contributed by atoms with Crippen molar-refractivity contribution in [3.8, 4) is 0 Å². The van der Waals surface area contributed by atoms with Crippen molar-refractivity contribution in [1.29, 1.82) is 5.41 Å². The van der Waals surface area contributed by atoms with Crippen LogP contribution in [0.3, 0.4) is 0 Å². The molecule has 0 unspecified atom stereocenters. The van der Waals surface area contributed by atoms with Gasteiger partial charge in [0.2, 0.25) is 0 Å². The quantitative estimate of drug-likeness (QED) is 0.647. The molecule has 1 heterocycles. The minimum absolute atomic E-state index is 0.0941. The van der Waals surface area contributed by atoms with Crippen LogP contribution >= 0.6 is 0 Å². The van der Waals surface area contributed by atoms with Crippen molar-refractivity contribution in [1.82, 2.24) is 0 Å². The first kappa shape index (κ1) is 13.8. The summed E-state index contributed by atoms with van der Waals surface area (Å²) >= 11 is 0. The van der Waals surface area contributed by atoms with Crippen molar-refractivity contribution in [3.05, 3.63) is 29.6 Å². The van der Waals surface area contributed by atoms with Crippen LogP contribution in [0.15, 0.2) is 18.2 Å². The zero-order chi connectivity index (χ0) is 14.0. The van der Waals surface area contributed by atoms with Gasteiger partial charge in [0.25, 0.3) is 0 Å². The van der Waals surface area contributed by atoms with Crippen LogP contribution in [0, 0.1) is 16.6 Å². The van der Waals surface area contributed by atoms with Gasteiger partial charge in [-0.25, -0.2) is 4.39 Å². The molecule has 0 bridgehead atoms. The lowest BCUT2D eigenvalue weighted by Gasteiger charge is -2.27. The fourth-order valence-corrected chi connectivity index (χ4v) is 2.90. The van der Waals surface area contributed by atoms with Crippen LogP contribution in [0.4, 0.5) is 10.1 Å². The van der Waals surface area contributed by atoms with Gasteiger partial charge in [-0.2, -0.15) is 0 Å². The number of nitrogens with one attached hydrogen (secondary N) is 1. The van der Waals surface area contributed by atoms with Crippen LogP contribution in [0.5, 0.6) is 0 Å². The molecular formula is C15H22FN3. The van der Waals surface area contributed by atoms with E-state index < -0.39 is 0 Å². The molecule has 1 aliphatic heterocycles. The molecule has 0 aromatic heterocycles. The van der Waals surface area contributed by atoms with Gasteiger partial charge < -0.3 is 10.6 Å². The molecule has 0 saturated carbocycles. The highest BCUT2D eigenvalue weighted by molar-refractivity contribution is 5.95. The molecule has 0 spiro atoms. The fourth-order valence-electron chi connectivity index (χ4n) is 2.90. The minimum Gasteiger partial charge on any atom is -0.384 e. The van der Waals surface area contributed by atoms with Gasteiger partial charge >= 0.3 is 0 Å². The SMILES string of the molecule is CCC1(CC)CCN(c2ccc(C(=N)N)cc2F)C1. The van der Waals surface area contributed by atoms with Gasteiger partial charge in [0, 0.05) is 18.7 Å². The number of anilines is 1. The predicted molar refractivity (Wildman–Crippen MR) is 77.3 cm³/mol. The number of nitrogens with zero attached hydrogens (tertiary/aromatic N) is 1. The van der Waals surface area contributed by atoms with Gasteiger partial charge in [-0.1, -0.05) is 13.8 Å². The maximum atomic E-state index is 14.1. The van der Waals surface area contributed by atoms with Gasteiger partial charge in [0.1, 0.15) is 11.7 Å². The normalized spacial score (nSPS) is 17.7. The first-order valence-electron chi connectivity index (χ1n) is 6.90. The van der Waals surface area contributed by atoms with Crippen molar-refractivity contribution in [3.63, 3.8) is 0 Å². The highest BCUT2D eigenvalue weighted by atomic mass is 19.1. The van der Waals surface area contributed by atoms with E-state index in [2.05, 4.69) is 18.7 Å². The van der Waals surface area contributed by atoms with E-state index in [1.54, 1.807) is 12.1 Å². The Labute approximate surface area is 114 Å². The second-order valence-corrected chi connectivity index (χ2v) is 5.46. The Morgan fingerprint density at radius 1 is 1.42 bits per heavy atom. The van der Waals surface area contributed by atoms with E-state index in [-0.39, 0.29) is 11.7 Å². The predicted octanol–water partition coefficient (Wildman–Crippen LogP) is 3.13. The monoisotopic (exact) mass is 263 g/mol. The van der Waals surface area contributed by atoms with Crippen LogP contribution in [-0.2, 0) is 0 Å². The van der Waals surface area contributed by atoms with E-state index in [0.29, 0.717) is 16.7 Å². The molecule has 4 heteroatoms. The van der Waals surface area contributed by atoms with Crippen molar-refractivity contribution >= 4 is 11.5 Å². The summed E-state index contributed by atoms with van der Waals surface area (Å²) in [6.45, 7) is 6.23. The molecule has 1 aromatic rings. The third-order valence-corrected chi connectivity index (χ3v) is 4.54. The first-order valence-corrected chi connectivity index (χ1v) is 6.90. The highest BCUT2D eigenvalue weighted by Crippen LogP contribution is 2.39.